The van der Waals surface area contributed by atoms with Gasteiger partial charge in [0.25, 0.3) is 11.4 Å². The molecule has 1 amide bonds. The van der Waals surface area contributed by atoms with Gasteiger partial charge in [-0.2, -0.15) is 5.10 Å². The maximum atomic E-state index is 11.9. The maximum Gasteiger partial charge on any atom is 0.281 e. The van der Waals surface area contributed by atoms with Gasteiger partial charge >= 0.3 is 0 Å². The molecule has 152 valence electrons. The number of hydrogen-bond acceptors (Lipinski definition) is 7. The number of nitro groups is 2. The summed E-state index contributed by atoms with van der Waals surface area (Å²) < 4.78 is 6.12. The van der Waals surface area contributed by atoms with E-state index >= 15 is 0 Å². The van der Waals surface area contributed by atoms with Crippen LogP contribution in [0.1, 0.15) is 11.3 Å². The molecule has 0 unspecified atom stereocenters. The van der Waals surface area contributed by atoms with Crippen LogP contribution in [-0.4, -0.2) is 22.0 Å². The summed E-state index contributed by atoms with van der Waals surface area (Å²) >= 11 is 3.20. The summed E-state index contributed by atoms with van der Waals surface area (Å²) in [4.78, 5) is 32.8. The molecule has 3 rings (SSSR count). The van der Waals surface area contributed by atoms with Gasteiger partial charge in [0, 0.05) is 22.7 Å². The first-order chi connectivity index (χ1) is 14.3. The van der Waals surface area contributed by atoms with E-state index in [-0.39, 0.29) is 29.3 Å². The summed E-state index contributed by atoms with van der Waals surface area (Å²) in [6, 6.07) is 13.4. The van der Waals surface area contributed by atoms with E-state index in [4.69, 9.17) is 4.42 Å². The van der Waals surface area contributed by atoms with Gasteiger partial charge in [-0.3, -0.25) is 25.0 Å². The minimum atomic E-state index is -0.519. The topological polar surface area (TPSA) is 141 Å². The molecule has 0 bridgehead atoms. The third kappa shape index (κ3) is 5.14. The number of hydrogen-bond donors (Lipinski definition) is 1. The van der Waals surface area contributed by atoms with Crippen LogP contribution in [0.25, 0.3) is 11.3 Å². The van der Waals surface area contributed by atoms with Crippen LogP contribution in [0.15, 0.2) is 68.6 Å². The van der Waals surface area contributed by atoms with Gasteiger partial charge < -0.3 is 4.42 Å². The predicted molar refractivity (Wildman–Crippen MR) is 111 cm³/mol. The van der Waals surface area contributed by atoms with Crippen molar-refractivity contribution in [2.24, 2.45) is 5.10 Å². The van der Waals surface area contributed by atoms with Crippen LogP contribution in [0.5, 0.6) is 0 Å². The fourth-order valence-corrected chi connectivity index (χ4v) is 2.91. The van der Waals surface area contributed by atoms with Crippen molar-refractivity contribution >= 4 is 39.4 Å². The van der Waals surface area contributed by atoms with Gasteiger partial charge in [-0.25, -0.2) is 5.43 Å². The Hall–Kier alpha value is -3.86. The number of rotatable bonds is 7. The van der Waals surface area contributed by atoms with Gasteiger partial charge in [-0.15, -0.1) is 0 Å². The van der Waals surface area contributed by atoms with Crippen molar-refractivity contribution in [3.05, 3.63) is 90.6 Å². The molecule has 1 heterocycles. The Morgan fingerprint density at radius 2 is 1.80 bits per heavy atom. The summed E-state index contributed by atoms with van der Waals surface area (Å²) in [6.45, 7) is 0. The number of nitrogens with one attached hydrogen (secondary N) is 1. The Bertz CT molecular complexity index is 1140. The van der Waals surface area contributed by atoms with Crippen LogP contribution in [0.4, 0.5) is 11.4 Å². The Labute approximate surface area is 177 Å². The highest BCUT2D eigenvalue weighted by Crippen LogP contribution is 2.33. The molecule has 0 saturated heterocycles. The molecule has 0 fully saturated rings. The molecule has 30 heavy (non-hydrogen) atoms. The lowest BCUT2D eigenvalue weighted by Crippen LogP contribution is -2.19. The lowest BCUT2D eigenvalue weighted by Gasteiger charge is -2.01. The lowest BCUT2D eigenvalue weighted by molar-refractivity contribution is -0.384. The fourth-order valence-electron chi connectivity index (χ4n) is 2.56. The second-order valence-electron chi connectivity index (χ2n) is 6.01. The first kappa shape index (κ1) is 20.9. The lowest BCUT2D eigenvalue weighted by atomic mass is 10.1. The highest BCUT2D eigenvalue weighted by atomic mass is 79.9. The van der Waals surface area contributed by atoms with E-state index in [0.717, 1.165) is 0 Å². The van der Waals surface area contributed by atoms with Crippen molar-refractivity contribution in [1.29, 1.82) is 0 Å². The van der Waals surface area contributed by atoms with Crippen LogP contribution >= 0.6 is 15.9 Å². The largest absolute Gasteiger partial charge is 0.455 e. The maximum absolute atomic E-state index is 11.9. The molecule has 1 N–H and O–H groups in total. The molecular weight excluding hydrogens is 460 g/mol. The third-order valence-electron chi connectivity index (χ3n) is 3.94. The summed E-state index contributed by atoms with van der Waals surface area (Å²) in [7, 11) is 0. The van der Waals surface area contributed by atoms with Crippen LogP contribution in [0.2, 0.25) is 0 Å². The average Bonchev–Trinajstić information content (AvgIpc) is 3.17. The quantitative estimate of drug-likeness (QED) is 0.310. The van der Waals surface area contributed by atoms with Crippen LogP contribution in [0.3, 0.4) is 0 Å². The minimum absolute atomic E-state index is 0.0101. The molecule has 0 aliphatic heterocycles. The summed E-state index contributed by atoms with van der Waals surface area (Å²) in [5.74, 6) is 0.154. The molecule has 11 heteroatoms. The normalized spacial score (nSPS) is 10.8. The molecule has 2 aromatic carbocycles. The van der Waals surface area contributed by atoms with E-state index in [0.29, 0.717) is 15.6 Å². The number of hydrazone groups is 1. The number of halogens is 1. The van der Waals surface area contributed by atoms with E-state index in [1.807, 2.05) is 0 Å². The van der Waals surface area contributed by atoms with Crippen molar-refractivity contribution in [1.82, 2.24) is 5.43 Å². The van der Waals surface area contributed by atoms with Crippen molar-refractivity contribution in [2.75, 3.05) is 0 Å². The van der Waals surface area contributed by atoms with E-state index in [1.54, 1.807) is 24.3 Å². The molecule has 10 nitrogen and oxygen atoms in total. The summed E-state index contributed by atoms with van der Waals surface area (Å²) in [5, 5.41) is 25.7. The van der Waals surface area contributed by atoms with Crippen molar-refractivity contribution < 1.29 is 19.1 Å². The second-order valence-corrected chi connectivity index (χ2v) is 6.93. The number of carbonyl (C=O) groups excluding carboxylic acids is 1. The van der Waals surface area contributed by atoms with Gasteiger partial charge in [-0.05, 0) is 29.8 Å². The third-order valence-corrected chi connectivity index (χ3v) is 4.43. The second kappa shape index (κ2) is 9.09. The van der Waals surface area contributed by atoms with Crippen molar-refractivity contribution in [2.45, 2.75) is 6.42 Å². The van der Waals surface area contributed by atoms with Crippen LogP contribution in [0, 0.1) is 20.2 Å². The van der Waals surface area contributed by atoms with Crippen molar-refractivity contribution in [3.8, 4) is 11.3 Å². The van der Waals surface area contributed by atoms with Gasteiger partial charge in [0.15, 0.2) is 0 Å². The van der Waals surface area contributed by atoms with E-state index in [9.17, 15) is 25.0 Å². The Balaban J connectivity index is 1.63. The smallest absolute Gasteiger partial charge is 0.281 e. The summed E-state index contributed by atoms with van der Waals surface area (Å²) in [5.41, 5.74) is 3.06. The molecule has 0 spiro atoms. The standard InChI is InChI=1S/C19H13BrN4O6/c20-13-3-7-16(17(10-13)24(28)29)18-8-6-15(30-18)11-21-22-19(25)9-12-1-4-14(5-2-12)23(26)27/h1-8,10-11H,9H2,(H,22,25)/b21-11-. The van der Waals surface area contributed by atoms with E-state index in [1.165, 1.54) is 36.5 Å². The number of non-ortho nitro benzene ring substituents is 1. The Morgan fingerprint density at radius 3 is 2.47 bits per heavy atom. The molecule has 0 aliphatic rings. The number of nitrogens with zero attached hydrogens (tertiary/aromatic N) is 3. The van der Waals surface area contributed by atoms with Crippen LogP contribution in [-0.2, 0) is 11.2 Å². The Kier molecular flexibility index (Phi) is 6.32. The Morgan fingerprint density at radius 1 is 1.07 bits per heavy atom. The molecule has 0 atom stereocenters. The molecule has 0 aliphatic carbocycles. The number of nitro benzene ring substituents is 2. The molecule has 0 saturated carbocycles. The number of amides is 1. The van der Waals surface area contributed by atoms with Crippen LogP contribution < -0.4 is 5.43 Å². The molecule has 1 aromatic heterocycles. The minimum Gasteiger partial charge on any atom is -0.455 e. The van der Waals surface area contributed by atoms with E-state index < -0.39 is 15.8 Å². The molecular formula is C19H13BrN4O6. The van der Waals surface area contributed by atoms with Crippen molar-refractivity contribution in [3.63, 3.8) is 0 Å². The van der Waals surface area contributed by atoms with Gasteiger partial charge in [0.05, 0.1) is 28.0 Å². The number of furan rings is 1. The average molecular weight is 473 g/mol. The fraction of sp³-hybridized carbons (Fsp3) is 0.0526. The van der Waals surface area contributed by atoms with Gasteiger partial charge in [-0.1, -0.05) is 28.1 Å². The number of benzene rings is 2. The SMILES string of the molecule is O=C(Cc1ccc([N+](=O)[O-])cc1)N/N=C\c1ccc(-c2ccc(Br)cc2[N+](=O)[O-])o1. The van der Waals surface area contributed by atoms with Gasteiger partial charge in [0.2, 0.25) is 5.91 Å². The zero-order chi connectivity index (χ0) is 21.7. The summed E-state index contributed by atoms with van der Waals surface area (Å²) in [6.07, 6.45) is 1.26. The molecule has 0 radical (unpaired) electrons. The monoisotopic (exact) mass is 472 g/mol. The predicted octanol–water partition coefficient (Wildman–Crippen LogP) is 4.22. The zero-order valence-electron chi connectivity index (χ0n) is 15.1. The first-order valence-corrected chi connectivity index (χ1v) is 9.22. The number of carbonyl (C=O) groups is 1. The molecule has 3 aromatic rings. The van der Waals surface area contributed by atoms with E-state index in [2.05, 4.69) is 26.5 Å². The first-order valence-electron chi connectivity index (χ1n) is 8.43. The van der Waals surface area contributed by atoms with Gasteiger partial charge in [0.1, 0.15) is 11.5 Å². The zero-order valence-corrected chi connectivity index (χ0v) is 16.7. The highest BCUT2D eigenvalue weighted by molar-refractivity contribution is 9.10. The highest BCUT2D eigenvalue weighted by Gasteiger charge is 2.18.